The molecule has 0 aromatic heterocycles. The summed E-state index contributed by atoms with van der Waals surface area (Å²) in [5, 5.41) is 0. The number of nitrogens with two attached hydrogens (primary N) is 2. The smallest absolute Gasteiger partial charge is 0.398 e. The number of halogens is 6. The predicted octanol–water partition coefficient (Wildman–Crippen LogP) is 2.77. The highest BCUT2D eigenvalue weighted by atomic mass is 19.4. The summed E-state index contributed by atoms with van der Waals surface area (Å²) in [4.78, 5) is 0. The molecule has 0 amide bonds. The van der Waals surface area contributed by atoms with Gasteiger partial charge in [0.2, 0.25) is 0 Å². The first-order valence-corrected chi connectivity index (χ1v) is 4.35. The normalized spacial score (nSPS) is 12.9. The van der Waals surface area contributed by atoms with Crippen LogP contribution in [0.5, 0.6) is 0 Å². The molecule has 1 aromatic rings. The monoisotopic (exact) mass is 258 g/mol. The third-order valence-electron chi connectivity index (χ3n) is 2.14. The summed E-state index contributed by atoms with van der Waals surface area (Å²) < 4.78 is 75.1. The number of hydrogen-bond acceptors (Lipinski definition) is 2. The molecule has 17 heavy (non-hydrogen) atoms. The van der Waals surface area contributed by atoms with E-state index in [4.69, 9.17) is 11.5 Å². The minimum absolute atomic E-state index is 0.303. The molecule has 0 aliphatic heterocycles. The van der Waals surface area contributed by atoms with Crippen LogP contribution in [0, 0.1) is 0 Å². The predicted molar refractivity (Wildman–Crippen MR) is 48.7 cm³/mol. The summed E-state index contributed by atoms with van der Waals surface area (Å²) in [6, 6.07) is 1.07. The fraction of sp³-hybridized carbons (Fsp3) is 0.333. The quantitative estimate of drug-likeness (QED) is 0.601. The van der Waals surface area contributed by atoms with Crippen LogP contribution in [0.25, 0.3) is 0 Å². The maximum absolute atomic E-state index is 12.6. The fourth-order valence-corrected chi connectivity index (χ4v) is 1.44. The van der Waals surface area contributed by atoms with Crippen molar-refractivity contribution < 1.29 is 26.3 Å². The zero-order valence-electron chi connectivity index (χ0n) is 8.28. The van der Waals surface area contributed by atoms with Gasteiger partial charge in [-0.25, -0.2) is 0 Å². The van der Waals surface area contributed by atoms with Crippen molar-refractivity contribution in [2.24, 2.45) is 5.73 Å². The molecule has 0 atom stereocenters. The Morgan fingerprint density at radius 3 is 1.82 bits per heavy atom. The lowest BCUT2D eigenvalue weighted by atomic mass is 9.98. The molecule has 0 bridgehead atoms. The van der Waals surface area contributed by atoms with Gasteiger partial charge in [-0.1, -0.05) is 0 Å². The van der Waals surface area contributed by atoms with Gasteiger partial charge in [-0.15, -0.1) is 0 Å². The number of nitrogen functional groups attached to an aromatic ring is 1. The van der Waals surface area contributed by atoms with Gasteiger partial charge in [-0.2, -0.15) is 26.3 Å². The average molecular weight is 258 g/mol. The summed E-state index contributed by atoms with van der Waals surface area (Å²) in [5.41, 5.74) is 5.46. The van der Waals surface area contributed by atoms with E-state index in [0.29, 0.717) is 6.07 Å². The molecule has 0 aliphatic rings. The number of anilines is 1. The first kappa shape index (κ1) is 13.6. The van der Waals surface area contributed by atoms with E-state index in [1.807, 2.05) is 0 Å². The van der Waals surface area contributed by atoms with Crippen LogP contribution in [0.15, 0.2) is 12.1 Å². The van der Waals surface area contributed by atoms with Gasteiger partial charge in [0.25, 0.3) is 0 Å². The molecule has 0 spiro atoms. The van der Waals surface area contributed by atoms with Crippen molar-refractivity contribution in [3.8, 4) is 0 Å². The fourth-order valence-electron chi connectivity index (χ4n) is 1.44. The molecule has 0 saturated heterocycles. The summed E-state index contributed by atoms with van der Waals surface area (Å²) >= 11 is 0. The van der Waals surface area contributed by atoms with Crippen LogP contribution >= 0.6 is 0 Å². The van der Waals surface area contributed by atoms with Gasteiger partial charge in [-0.05, 0) is 12.1 Å². The Bertz CT molecular complexity index is 421. The molecule has 0 radical (unpaired) electrons. The molecular formula is C9H8F6N2. The molecule has 0 aliphatic carbocycles. The topological polar surface area (TPSA) is 52.0 Å². The number of rotatable bonds is 1. The van der Waals surface area contributed by atoms with Gasteiger partial charge in [0.15, 0.2) is 0 Å². The van der Waals surface area contributed by atoms with Crippen molar-refractivity contribution in [1.82, 2.24) is 0 Å². The van der Waals surface area contributed by atoms with Crippen molar-refractivity contribution >= 4 is 5.69 Å². The van der Waals surface area contributed by atoms with E-state index in [1.54, 1.807) is 0 Å². The molecule has 0 saturated carbocycles. The van der Waals surface area contributed by atoms with Crippen LogP contribution in [-0.4, -0.2) is 0 Å². The summed E-state index contributed by atoms with van der Waals surface area (Å²) in [6.45, 7) is -0.718. The van der Waals surface area contributed by atoms with Crippen LogP contribution in [0.1, 0.15) is 16.7 Å². The summed E-state index contributed by atoms with van der Waals surface area (Å²) in [7, 11) is 0. The average Bonchev–Trinajstić information content (AvgIpc) is 2.13. The van der Waals surface area contributed by atoms with E-state index in [2.05, 4.69) is 0 Å². The third-order valence-corrected chi connectivity index (χ3v) is 2.14. The molecule has 96 valence electrons. The molecule has 2 nitrogen and oxygen atoms in total. The van der Waals surface area contributed by atoms with Crippen molar-refractivity contribution in [1.29, 1.82) is 0 Å². The lowest BCUT2D eigenvalue weighted by molar-refractivity contribution is -0.162. The Balaban J connectivity index is 3.64. The number of hydrogen-bond donors (Lipinski definition) is 2. The van der Waals surface area contributed by atoms with Crippen LogP contribution in [-0.2, 0) is 18.9 Å². The number of alkyl halides is 6. The van der Waals surface area contributed by atoms with Crippen molar-refractivity contribution in [2.75, 3.05) is 5.73 Å². The van der Waals surface area contributed by atoms with E-state index < -0.39 is 41.3 Å². The second-order valence-electron chi connectivity index (χ2n) is 3.26. The van der Waals surface area contributed by atoms with Gasteiger partial charge in [0.1, 0.15) is 0 Å². The second-order valence-corrected chi connectivity index (χ2v) is 3.26. The van der Waals surface area contributed by atoms with E-state index >= 15 is 0 Å². The molecule has 8 heteroatoms. The van der Waals surface area contributed by atoms with Crippen molar-refractivity contribution in [3.05, 3.63) is 28.8 Å². The molecule has 1 rings (SSSR count). The summed E-state index contributed by atoms with van der Waals surface area (Å²) in [5.74, 6) is 0. The Morgan fingerprint density at radius 1 is 0.941 bits per heavy atom. The first-order valence-electron chi connectivity index (χ1n) is 4.35. The number of benzene rings is 1. The Labute approximate surface area is 92.2 Å². The highest BCUT2D eigenvalue weighted by Gasteiger charge is 2.44. The van der Waals surface area contributed by atoms with Gasteiger partial charge < -0.3 is 11.5 Å². The van der Waals surface area contributed by atoms with Gasteiger partial charge in [-0.3, -0.25) is 0 Å². The van der Waals surface area contributed by atoms with Crippen molar-refractivity contribution in [2.45, 2.75) is 18.9 Å². The van der Waals surface area contributed by atoms with Crippen LogP contribution in [0.2, 0.25) is 0 Å². The van der Waals surface area contributed by atoms with Gasteiger partial charge >= 0.3 is 12.4 Å². The third kappa shape index (κ3) is 2.63. The first-order chi connectivity index (χ1) is 7.59. The SMILES string of the molecule is NCc1c(N)ccc(C(F)(F)F)c1C(F)(F)F. The van der Waals surface area contributed by atoms with Crippen molar-refractivity contribution in [3.63, 3.8) is 0 Å². The van der Waals surface area contributed by atoms with Crippen LogP contribution in [0.4, 0.5) is 32.0 Å². The second kappa shape index (κ2) is 4.10. The van der Waals surface area contributed by atoms with Crippen LogP contribution < -0.4 is 11.5 Å². The van der Waals surface area contributed by atoms with E-state index in [9.17, 15) is 26.3 Å². The Kier molecular flexibility index (Phi) is 3.28. The van der Waals surface area contributed by atoms with Crippen LogP contribution in [0.3, 0.4) is 0 Å². The minimum atomic E-state index is -5.16. The minimum Gasteiger partial charge on any atom is -0.398 e. The van der Waals surface area contributed by atoms with Gasteiger partial charge in [0.05, 0.1) is 11.1 Å². The molecule has 0 heterocycles. The standard InChI is InChI=1S/C9H8F6N2/c10-8(11,12)5-1-2-6(17)4(3-16)7(5)9(13,14)15/h1-2H,3,16-17H2. The van der Waals surface area contributed by atoms with E-state index in [1.165, 1.54) is 0 Å². The molecule has 0 unspecified atom stereocenters. The maximum Gasteiger partial charge on any atom is 0.417 e. The molecular weight excluding hydrogens is 250 g/mol. The largest absolute Gasteiger partial charge is 0.417 e. The lowest BCUT2D eigenvalue weighted by Gasteiger charge is -2.19. The lowest BCUT2D eigenvalue weighted by Crippen LogP contribution is -2.21. The summed E-state index contributed by atoms with van der Waals surface area (Å²) in [6.07, 6.45) is -10.3. The van der Waals surface area contributed by atoms with E-state index in [0.717, 1.165) is 6.07 Å². The molecule has 0 fully saturated rings. The van der Waals surface area contributed by atoms with E-state index in [-0.39, 0.29) is 0 Å². The zero-order chi connectivity index (χ0) is 13.4. The highest BCUT2D eigenvalue weighted by Crippen LogP contribution is 2.43. The molecule has 4 N–H and O–H groups in total. The highest BCUT2D eigenvalue weighted by molar-refractivity contribution is 5.55. The Morgan fingerprint density at radius 2 is 1.47 bits per heavy atom. The van der Waals surface area contributed by atoms with Gasteiger partial charge in [0, 0.05) is 17.8 Å². The Hall–Kier alpha value is -1.44. The zero-order valence-corrected chi connectivity index (χ0v) is 8.28. The molecule has 1 aromatic carbocycles. The maximum atomic E-state index is 12.6.